The van der Waals surface area contributed by atoms with Crippen LogP contribution in [0.25, 0.3) is 11.3 Å². The molecule has 0 radical (unpaired) electrons. The molecule has 1 fully saturated rings. The fraction of sp³-hybridized carbons (Fsp3) is 0.444. The number of nitrogens with zero attached hydrogens (tertiary/aromatic N) is 2. The number of ether oxygens (including phenoxy) is 1. The number of amides is 1. The molecule has 1 amide bonds. The molecule has 3 rings (SSSR count). The lowest BCUT2D eigenvalue weighted by atomic mass is 10.1. The van der Waals surface area contributed by atoms with E-state index in [4.69, 9.17) is 4.74 Å². The van der Waals surface area contributed by atoms with Crippen molar-refractivity contribution < 1.29 is 22.7 Å². The van der Waals surface area contributed by atoms with Gasteiger partial charge >= 0.3 is 12.3 Å². The molecule has 146 valence electrons. The predicted molar refractivity (Wildman–Crippen MR) is 97.8 cm³/mol. The Morgan fingerprint density at radius 3 is 2.78 bits per heavy atom. The second-order valence-electron chi connectivity index (χ2n) is 6.22. The summed E-state index contributed by atoms with van der Waals surface area (Å²) in [5, 5.41) is 5.72. The van der Waals surface area contributed by atoms with Crippen molar-refractivity contribution in [2.75, 3.05) is 25.0 Å². The maximum atomic E-state index is 12.9. The van der Waals surface area contributed by atoms with Crippen LogP contribution in [0.5, 0.6) is 0 Å². The van der Waals surface area contributed by atoms with Gasteiger partial charge in [-0.2, -0.15) is 13.2 Å². The molecule has 1 aromatic carbocycles. The van der Waals surface area contributed by atoms with E-state index in [-0.39, 0.29) is 12.1 Å². The van der Waals surface area contributed by atoms with Gasteiger partial charge in [0.1, 0.15) is 0 Å². The van der Waals surface area contributed by atoms with Crippen LogP contribution in [0.3, 0.4) is 0 Å². The van der Waals surface area contributed by atoms with Gasteiger partial charge in [-0.1, -0.05) is 12.1 Å². The predicted octanol–water partition coefficient (Wildman–Crippen LogP) is 4.86. The average Bonchev–Trinajstić information content (AvgIpc) is 3.10. The number of rotatable bonds is 4. The monoisotopic (exact) mass is 399 g/mol. The van der Waals surface area contributed by atoms with Gasteiger partial charge in [-0.15, -0.1) is 11.3 Å². The van der Waals surface area contributed by atoms with Crippen LogP contribution in [-0.2, 0) is 10.9 Å². The first-order valence-corrected chi connectivity index (χ1v) is 9.56. The molecular weight excluding hydrogens is 379 g/mol. The van der Waals surface area contributed by atoms with E-state index in [0.717, 1.165) is 25.0 Å². The minimum absolute atomic E-state index is 0.163. The smallest absolute Gasteiger partial charge is 0.416 e. The SMILES string of the molecule is CCOC(=O)N1CCC(Nc2nc(-c3cccc(C(F)(F)F)c3)cs2)CC1. The van der Waals surface area contributed by atoms with E-state index in [9.17, 15) is 18.0 Å². The Morgan fingerprint density at radius 2 is 2.11 bits per heavy atom. The maximum absolute atomic E-state index is 12.9. The van der Waals surface area contributed by atoms with Crippen molar-refractivity contribution in [3.05, 3.63) is 35.2 Å². The van der Waals surface area contributed by atoms with Crippen molar-refractivity contribution >= 4 is 22.6 Å². The van der Waals surface area contributed by atoms with Crippen molar-refractivity contribution in [1.82, 2.24) is 9.88 Å². The summed E-state index contributed by atoms with van der Waals surface area (Å²) in [6.45, 7) is 3.33. The summed E-state index contributed by atoms with van der Waals surface area (Å²) >= 11 is 1.36. The third kappa shape index (κ3) is 4.91. The van der Waals surface area contributed by atoms with Gasteiger partial charge < -0.3 is 15.0 Å². The highest BCUT2D eigenvalue weighted by Gasteiger charge is 2.30. The number of hydrogen-bond donors (Lipinski definition) is 1. The normalized spacial score (nSPS) is 15.6. The van der Waals surface area contributed by atoms with E-state index >= 15 is 0 Å². The molecule has 1 saturated heterocycles. The molecule has 0 atom stereocenters. The van der Waals surface area contributed by atoms with Crippen LogP contribution < -0.4 is 5.32 Å². The number of nitrogens with one attached hydrogen (secondary N) is 1. The van der Waals surface area contributed by atoms with Crippen LogP contribution >= 0.6 is 11.3 Å². The van der Waals surface area contributed by atoms with E-state index in [2.05, 4.69) is 10.3 Å². The van der Waals surface area contributed by atoms with Crippen LogP contribution in [0.1, 0.15) is 25.3 Å². The molecule has 1 N–H and O–H groups in total. The zero-order valence-electron chi connectivity index (χ0n) is 14.8. The molecular formula is C18H20F3N3O2S. The molecule has 27 heavy (non-hydrogen) atoms. The number of thiazole rings is 1. The highest BCUT2D eigenvalue weighted by molar-refractivity contribution is 7.14. The Hall–Kier alpha value is -2.29. The molecule has 1 aliphatic heterocycles. The highest BCUT2D eigenvalue weighted by atomic mass is 32.1. The lowest BCUT2D eigenvalue weighted by Crippen LogP contribution is -2.42. The molecule has 0 spiro atoms. The Balaban J connectivity index is 1.60. The second-order valence-corrected chi connectivity index (χ2v) is 7.08. The largest absolute Gasteiger partial charge is 0.450 e. The van der Waals surface area contributed by atoms with Gasteiger partial charge in [-0.25, -0.2) is 9.78 Å². The van der Waals surface area contributed by atoms with Crippen LogP contribution in [0.2, 0.25) is 0 Å². The number of carbonyl (C=O) groups excluding carboxylic acids is 1. The molecule has 5 nitrogen and oxygen atoms in total. The topological polar surface area (TPSA) is 54.5 Å². The number of piperidine rings is 1. The van der Waals surface area contributed by atoms with Crippen molar-refractivity contribution in [1.29, 1.82) is 0 Å². The van der Waals surface area contributed by atoms with Gasteiger partial charge in [0.25, 0.3) is 0 Å². The van der Waals surface area contributed by atoms with E-state index < -0.39 is 11.7 Å². The third-order valence-corrected chi connectivity index (χ3v) is 5.11. The lowest BCUT2D eigenvalue weighted by molar-refractivity contribution is -0.137. The van der Waals surface area contributed by atoms with Crippen LogP contribution in [0, 0.1) is 0 Å². The lowest BCUT2D eigenvalue weighted by Gasteiger charge is -2.31. The van der Waals surface area contributed by atoms with Crippen LogP contribution in [0.15, 0.2) is 29.6 Å². The number of alkyl halides is 3. The van der Waals surface area contributed by atoms with Crippen LogP contribution in [-0.4, -0.2) is 41.7 Å². The first-order valence-electron chi connectivity index (χ1n) is 8.68. The molecule has 1 aliphatic rings. The first-order chi connectivity index (χ1) is 12.9. The fourth-order valence-electron chi connectivity index (χ4n) is 2.92. The number of benzene rings is 1. The Labute approximate surface area is 159 Å². The third-order valence-electron chi connectivity index (χ3n) is 4.34. The molecule has 0 unspecified atom stereocenters. The average molecular weight is 399 g/mol. The standard InChI is InChI=1S/C18H20F3N3O2S/c1-2-26-17(25)24-8-6-14(7-9-24)22-16-23-15(11-27-16)12-4-3-5-13(10-12)18(19,20)21/h3-5,10-11,14H,2,6-9H2,1H3,(H,22,23). The summed E-state index contributed by atoms with van der Waals surface area (Å²) in [7, 11) is 0. The van der Waals surface area contributed by atoms with E-state index in [0.29, 0.717) is 36.1 Å². The molecule has 0 bridgehead atoms. The quantitative estimate of drug-likeness (QED) is 0.798. The summed E-state index contributed by atoms with van der Waals surface area (Å²) < 4.78 is 43.6. The van der Waals surface area contributed by atoms with Gasteiger partial charge in [0.05, 0.1) is 17.9 Å². The second kappa shape index (κ2) is 8.16. The molecule has 2 heterocycles. The summed E-state index contributed by atoms with van der Waals surface area (Å²) in [5.41, 5.74) is 0.262. The van der Waals surface area contributed by atoms with Gasteiger partial charge in [0.2, 0.25) is 0 Å². The summed E-state index contributed by atoms with van der Waals surface area (Å²) in [5.74, 6) is 0. The number of halogens is 3. The fourth-order valence-corrected chi connectivity index (χ4v) is 3.72. The van der Waals surface area contributed by atoms with Gasteiger partial charge in [-0.05, 0) is 31.9 Å². The van der Waals surface area contributed by atoms with E-state index in [1.807, 2.05) is 0 Å². The highest BCUT2D eigenvalue weighted by Crippen LogP contribution is 2.33. The van der Waals surface area contributed by atoms with Crippen molar-refractivity contribution in [2.45, 2.75) is 32.0 Å². The minimum Gasteiger partial charge on any atom is -0.450 e. The Kier molecular flexibility index (Phi) is 5.88. The first kappa shape index (κ1) is 19.5. The number of carbonyl (C=O) groups is 1. The zero-order chi connectivity index (χ0) is 19.4. The number of hydrogen-bond acceptors (Lipinski definition) is 5. The summed E-state index contributed by atoms with van der Waals surface area (Å²) in [6, 6.07) is 5.32. The van der Waals surface area contributed by atoms with Gasteiger partial charge in [0, 0.05) is 30.1 Å². The zero-order valence-corrected chi connectivity index (χ0v) is 15.6. The number of anilines is 1. The van der Waals surface area contributed by atoms with Gasteiger partial charge in [0.15, 0.2) is 5.13 Å². The van der Waals surface area contributed by atoms with Crippen molar-refractivity contribution in [3.63, 3.8) is 0 Å². The molecule has 9 heteroatoms. The van der Waals surface area contributed by atoms with Crippen molar-refractivity contribution in [2.24, 2.45) is 0 Å². The van der Waals surface area contributed by atoms with E-state index in [1.165, 1.54) is 17.4 Å². The summed E-state index contributed by atoms with van der Waals surface area (Å²) in [4.78, 5) is 17.8. The minimum atomic E-state index is -4.37. The molecule has 2 aromatic rings. The van der Waals surface area contributed by atoms with Crippen molar-refractivity contribution in [3.8, 4) is 11.3 Å². The number of aromatic nitrogens is 1. The molecule has 1 aromatic heterocycles. The van der Waals surface area contributed by atoms with Gasteiger partial charge in [-0.3, -0.25) is 0 Å². The summed E-state index contributed by atoms with van der Waals surface area (Å²) in [6.07, 6.45) is -3.15. The van der Waals surface area contributed by atoms with Crippen LogP contribution in [0.4, 0.5) is 23.1 Å². The van der Waals surface area contributed by atoms with E-state index in [1.54, 1.807) is 23.3 Å². The Morgan fingerprint density at radius 1 is 1.37 bits per heavy atom. The Bertz CT molecular complexity index is 786. The number of likely N-dealkylation sites (tertiary alicyclic amines) is 1. The maximum Gasteiger partial charge on any atom is 0.416 e. The molecule has 0 aliphatic carbocycles. The molecule has 0 saturated carbocycles.